The molecular weight excluding hydrogens is 385 g/mol. The molecule has 2 aromatic rings. The van der Waals surface area contributed by atoms with Gasteiger partial charge in [0.2, 0.25) is 10.0 Å². The Kier molecular flexibility index (Phi) is 5.76. The molecule has 1 heterocycles. The summed E-state index contributed by atoms with van der Waals surface area (Å²) in [6, 6.07) is 12.3. The summed E-state index contributed by atoms with van der Waals surface area (Å²) in [6.45, 7) is -0.183. The van der Waals surface area contributed by atoms with E-state index < -0.39 is 27.8 Å². The van der Waals surface area contributed by atoms with E-state index in [1.54, 1.807) is 42.5 Å². The van der Waals surface area contributed by atoms with Gasteiger partial charge in [-0.2, -0.15) is 5.10 Å². The molecule has 0 radical (unpaired) electrons. The molecule has 0 fully saturated rings. The zero-order valence-corrected chi connectivity index (χ0v) is 16.2. The number of anilines is 1. The molecule has 1 amide bonds. The Balaban J connectivity index is 1.96. The second-order valence-electron chi connectivity index (χ2n) is 6.41. The second kappa shape index (κ2) is 8.07. The van der Waals surface area contributed by atoms with Crippen LogP contribution in [0.3, 0.4) is 0 Å². The predicted molar refractivity (Wildman–Crippen MR) is 104 cm³/mol. The van der Waals surface area contributed by atoms with E-state index in [9.17, 15) is 17.6 Å². The summed E-state index contributed by atoms with van der Waals surface area (Å²) >= 11 is 0. The van der Waals surface area contributed by atoms with Crippen LogP contribution in [0.15, 0.2) is 53.6 Å². The standard InChI is InChI=1S/C19H20FN3O4S/c1-27-12-19(24)23-18(15-8-3-4-9-16(15)20)11-17(21-23)13-6-5-7-14(10-13)22-28(2,25)26/h3-10,18,22H,11-12H2,1-2H3/t18-/m0/s1. The Bertz CT molecular complexity index is 1020. The van der Waals surface area contributed by atoms with Gasteiger partial charge in [0.1, 0.15) is 12.4 Å². The molecule has 7 nitrogen and oxygen atoms in total. The Morgan fingerprint density at radius 3 is 2.71 bits per heavy atom. The molecule has 0 unspecified atom stereocenters. The van der Waals surface area contributed by atoms with Crippen molar-refractivity contribution in [2.24, 2.45) is 5.10 Å². The van der Waals surface area contributed by atoms with Gasteiger partial charge < -0.3 is 4.74 Å². The molecule has 1 atom stereocenters. The minimum Gasteiger partial charge on any atom is -0.375 e. The molecule has 0 aromatic heterocycles. The Morgan fingerprint density at radius 2 is 2.04 bits per heavy atom. The first-order valence-corrected chi connectivity index (χ1v) is 10.4. The highest BCUT2D eigenvalue weighted by Crippen LogP contribution is 2.34. The molecule has 0 saturated carbocycles. The smallest absolute Gasteiger partial charge is 0.269 e. The number of hydrazone groups is 1. The average Bonchev–Trinajstić information content (AvgIpc) is 3.06. The molecule has 1 N–H and O–H groups in total. The first kappa shape index (κ1) is 20.0. The van der Waals surface area contributed by atoms with Crippen LogP contribution in [-0.2, 0) is 19.6 Å². The zero-order valence-electron chi connectivity index (χ0n) is 15.4. The zero-order chi connectivity index (χ0) is 20.3. The minimum absolute atomic E-state index is 0.183. The van der Waals surface area contributed by atoms with Crippen molar-refractivity contribution in [2.45, 2.75) is 12.5 Å². The molecule has 1 aliphatic rings. The lowest BCUT2D eigenvalue weighted by atomic mass is 9.98. The summed E-state index contributed by atoms with van der Waals surface area (Å²) in [6.07, 6.45) is 1.35. The number of sulfonamides is 1. The quantitative estimate of drug-likeness (QED) is 0.800. The van der Waals surface area contributed by atoms with Gasteiger partial charge >= 0.3 is 0 Å². The molecule has 1 aliphatic heterocycles. The lowest BCUT2D eigenvalue weighted by Crippen LogP contribution is -2.30. The van der Waals surface area contributed by atoms with Crippen LogP contribution in [-0.4, -0.2) is 45.0 Å². The number of carbonyl (C=O) groups excluding carboxylic acids is 1. The number of amides is 1. The SMILES string of the molecule is COCC(=O)N1N=C(c2cccc(NS(C)(=O)=O)c2)C[C@H]1c1ccccc1F. The van der Waals surface area contributed by atoms with Crippen LogP contribution in [0.25, 0.3) is 0 Å². The van der Waals surface area contributed by atoms with Crippen molar-refractivity contribution < 1.29 is 22.3 Å². The lowest BCUT2D eigenvalue weighted by Gasteiger charge is -2.22. The van der Waals surface area contributed by atoms with Crippen LogP contribution >= 0.6 is 0 Å². The minimum atomic E-state index is -3.43. The van der Waals surface area contributed by atoms with Gasteiger partial charge in [-0.05, 0) is 23.8 Å². The van der Waals surface area contributed by atoms with E-state index in [4.69, 9.17) is 4.74 Å². The number of halogens is 1. The van der Waals surface area contributed by atoms with Gasteiger partial charge in [0, 0.05) is 24.8 Å². The van der Waals surface area contributed by atoms with Crippen LogP contribution < -0.4 is 4.72 Å². The van der Waals surface area contributed by atoms with E-state index in [1.807, 2.05) is 0 Å². The van der Waals surface area contributed by atoms with Gasteiger partial charge in [-0.1, -0.05) is 30.3 Å². The van der Waals surface area contributed by atoms with Gasteiger partial charge in [0.15, 0.2) is 0 Å². The number of nitrogens with zero attached hydrogens (tertiary/aromatic N) is 2. The van der Waals surface area contributed by atoms with Gasteiger partial charge in [-0.3, -0.25) is 9.52 Å². The maximum Gasteiger partial charge on any atom is 0.269 e. The molecule has 3 rings (SSSR count). The van der Waals surface area contributed by atoms with Crippen LogP contribution in [0.1, 0.15) is 23.6 Å². The monoisotopic (exact) mass is 405 g/mol. The maximum atomic E-state index is 14.3. The fraction of sp³-hybridized carbons (Fsp3) is 0.263. The Labute approximate surface area is 162 Å². The molecule has 28 heavy (non-hydrogen) atoms. The van der Waals surface area contributed by atoms with Crippen LogP contribution in [0.5, 0.6) is 0 Å². The second-order valence-corrected chi connectivity index (χ2v) is 8.16. The van der Waals surface area contributed by atoms with Gasteiger partial charge in [-0.15, -0.1) is 0 Å². The van der Waals surface area contributed by atoms with Crippen molar-refractivity contribution in [3.05, 3.63) is 65.5 Å². The highest BCUT2D eigenvalue weighted by molar-refractivity contribution is 7.92. The van der Waals surface area contributed by atoms with Crippen molar-refractivity contribution in [3.63, 3.8) is 0 Å². The number of ether oxygens (including phenoxy) is 1. The Hall–Kier alpha value is -2.78. The third-order valence-corrected chi connectivity index (χ3v) is 4.80. The van der Waals surface area contributed by atoms with Crippen molar-refractivity contribution >= 4 is 27.3 Å². The lowest BCUT2D eigenvalue weighted by molar-refractivity contribution is -0.137. The summed E-state index contributed by atoms with van der Waals surface area (Å²) in [7, 11) is -2.03. The maximum absolute atomic E-state index is 14.3. The van der Waals surface area contributed by atoms with Gasteiger partial charge in [0.25, 0.3) is 5.91 Å². The number of hydrogen-bond acceptors (Lipinski definition) is 5. The number of benzene rings is 2. The highest BCUT2D eigenvalue weighted by atomic mass is 32.2. The summed E-state index contributed by atoms with van der Waals surface area (Å²) in [4.78, 5) is 12.5. The molecule has 2 aromatic carbocycles. The summed E-state index contributed by atoms with van der Waals surface area (Å²) in [5.41, 5.74) is 1.93. The van der Waals surface area contributed by atoms with Crippen molar-refractivity contribution in [1.29, 1.82) is 0 Å². The van der Waals surface area contributed by atoms with E-state index in [-0.39, 0.29) is 6.61 Å². The number of rotatable bonds is 6. The van der Waals surface area contributed by atoms with E-state index in [0.717, 1.165) is 6.26 Å². The topological polar surface area (TPSA) is 88.1 Å². The average molecular weight is 405 g/mol. The summed E-state index contributed by atoms with van der Waals surface area (Å²) in [5, 5.41) is 5.62. The largest absolute Gasteiger partial charge is 0.375 e. The van der Waals surface area contributed by atoms with Gasteiger partial charge in [0.05, 0.1) is 18.0 Å². The van der Waals surface area contributed by atoms with Crippen molar-refractivity contribution in [1.82, 2.24) is 5.01 Å². The van der Waals surface area contributed by atoms with E-state index >= 15 is 0 Å². The van der Waals surface area contributed by atoms with Crippen LogP contribution in [0.2, 0.25) is 0 Å². The predicted octanol–water partition coefficient (Wildman–Crippen LogP) is 2.52. The summed E-state index contributed by atoms with van der Waals surface area (Å²) < 4.78 is 44.6. The van der Waals surface area contributed by atoms with Crippen molar-refractivity contribution in [2.75, 3.05) is 24.7 Å². The normalized spacial score (nSPS) is 16.8. The van der Waals surface area contributed by atoms with Crippen molar-refractivity contribution in [3.8, 4) is 0 Å². The Morgan fingerprint density at radius 1 is 1.29 bits per heavy atom. The fourth-order valence-electron chi connectivity index (χ4n) is 3.07. The van der Waals surface area contributed by atoms with E-state index in [0.29, 0.717) is 28.9 Å². The molecule has 0 saturated heterocycles. The van der Waals surface area contributed by atoms with Crippen LogP contribution in [0, 0.1) is 5.82 Å². The fourth-order valence-corrected chi connectivity index (χ4v) is 3.62. The molecule has 0 bridgehead atoms. The number of nitrogens with one attached hydrogen (secondary N) is 1. The molecule has 148 valence electrons. The molecule has 9 heteroatoms. The molecule has 0 spiro atoms. The van der Waals surface area contributed by atoms with Crippen LogP contribution in [0.4, 0.5) is 10.1 Å². The van der Waals surface area contributed by atoms with E-state index in [2.05, 4.69) is 9.82 Å². The number of methoxy groups -OCH3 is 1. The summed E-state index contributed by atoms with van der Waals surface area (Å²) in [5.74, 6) is -0.817. The third-order valence-electron chi connectivity index (χ3n) is 4.20. The number of hydrogen-bond donors (Lipinski definition) is 1. The third kappa shape index (κ3) is 4.55. The highest BCUT2D eigenvalue weighted by Gasteiger charge is 2.34. The van der Waals surface area contributed by atoms with E-state index in [1.165, 1.54) is 18.2 Å². The molecule has 0 aliphatic carbocycles. The first-order chi connectivity index (χ1) is 13.3. The molecular formula is C19H20FN3O4S. The number of carbonyl (C=O) groups is 1. The van der Waals surface area contributed by atoms with Gasteiger partial charge in [-0.25, -0.2) is 17.8 Å². The first-order valence-electron chi connectivity index (χ1n) is 8.49.